The Morgan fingerprint density at radius 3 is 2.26 bits per heavy atom. The van der Waals surface area contributed by atoms with Crippen molar-refractivity contribution in [2.24, 2.45) is 0 Å². The standard InChI is InChI=1S/C25H32N2O7/c1-25(2,17-9-10-20(28)21(29)14-17)11-12-26-18(15-22(30)31)23(32)27-19(24(33)34-3)13-16-7-5-4-6-8-16/h4-10,14,18-19,26,28-29H,11-13,15H2,1-3H3,(H,27,32)(H,30,31)/t18-,19-/m0/s1. The first-order valence-corrected chi connectivity index (χ1v) is 10.9. The number of aromatic hydroxyl groups is 2. The number of benzene rings is 2. The van der Waals surface area contributed by atoms with Gasteiger partial charge in [0, 0.05) is 6.42 Å². The zero-order valence-corrected chi connectivity index (χ0v) is 19.6. The SMILES string of the molecule is COC(=O)[C@H](Cc1ccccc1)NC(=O)[C@H](CC(=O)O)NCCC(C)(C)c1ccc(O)c(O)c1. The third-order valence-electron chi connectivity index (χ3n) is 5.68. The van der Waals surface area contributed by atoms with E-state index in [2.05, 4.69) is 10.6 Å². The van der Waals surface area contributed by atoms with Crippen LogP contribution in [0.3, 0.4) is 0 Å². The van der Waals surface area contributed by atoms with Crippen molar-refractivity contribution in [2.75, 3.05) is 13.7 Å². The summed E-state index contributed by atoms with van der Waals surface area (Å²) in [4.78, 5) is 36.5. The van der Waals surface area contributed by atoms with Crippen molar-refractivity contribution >= 4 is 17.8 Å². The molecule has 0 aliphatic rings. The molecule has 0 aliphatic heterocycles. The van der Waals surface area contributed by atoms with Crippen LogP contribution in [0, 0.1) is 0 Å². The van der Waals surface area contributed by atoms with E-state index < -0.39 is 41.8 Å². The highest BCUT2D eigenvalue weighted by Gasteiger charge is 2.29. The molecule has 0 fully saturated rings. The Morgan fingerprint density at radius 2 is 1.68 bits per heavy atom. The van der Waals surface area contributed by atoms with E-state index in [9.17, 15) is 29.7 Å². The molecule has 5 N–H and O–H groups in total. The minimum atomic E-state index is -1.16. The maximum atomic E-state index is 12.9. The molecule has 0 saturated carbocycles. The van der Waals surface area contributed by atoms with E-state index in [0.29, 0.717) is 13.0 Å². The summed E-state index contributed by atoms with van der Waals surface area (Å²) in [6, 6.07) is 11.6. The van der Waals surface area contributed by atoms with E-state index in [0.717, 1.165) is 11.1 Å². The van der Waals surface area contributed by atoms with Crippen LogP contribution in [0.15, 0.2) is 48.5 Å². The van der Waals surface area contributed by atoms with Crippen LogP contribution in [0.1, 0.15) is 37.8 Å². The van der Waals surface area contributed by atoms with Crippen LogP contribution in [0.5, 0.6) is 11.5 Å². The summed E-state index contributed by atoms with van der Waals surface area (Å²) in [5.74, 6) is -2.85. The fourth-order valence-electron chi connectivity index (χ4n) is 3.54. The number of aliphatic carboxylic acids is 1. The summed E-state index contributed by atoms with van der Waals surface area (Å²) in [5.41, 5.74) is 1.15. The van der Waals surface area contributed by atoms with Crippen molar-refractivity contribution < 1.29 is 34.4 Å². The second-order valence-corrected chi connectivity index (χ2v) is 8.72. The second-order valence-electron chi connectivity index (χ2n) is 8.72. The third-order valence-corrected chi connectivity index (χ3v) is 5.68. The number of phenols is 2. The third kappa shape index (κ3) is 7.77. The molecule has 2 atom stereocenters. The molecule has 0 spiro atoms. The molecule has 0 radical (unpaired) electrons. The quantitative estimate of drug-likeness (QED) is 0.233. The highest BCUT2D eigenvalue weighted by atomic mass is 16.5. The van der Waals surface area contributed by atoms with Crippen LogP contribution in [0.2, 0.25) is 0 Å². The highest BCUT2D eigenvalue weighted by molar-refractivity contribution is 5.90. The van der Waals surface area contributed by atoms with Gasteiger partial charge in [-0.2, -0.15) is 0 Å². The Morgan fingerprint density at radius 1 is 1.00 bits per heavy atom. The van der Waals surface area contributed by atoms with Crippen LogP contribution in [-0.4, -0.2) is 58.9 Å². The molecule has 184 valence electrons. The second kappa shape index (κ2) is 12.0. The van der Waals surface area contributed by atoms with E-state index in [1.54, 1.807) is 6.07 Å². The summed E-state index contributed by atoms with van der Waals surface area (Å²) in [5, 5.41) is 34.2. The number of amides is 1. The summed E-state index contributed by atoms with van der Waals surface area (Å²) < 4.78 is 4.81. The number of rotatable bonds is 12. The van der Waals surface area contributed by atoms with E-state index in [-0.39, 0.29) is 17.9 Å². The van der Waals surface area contributed by atoms with Crippen LogP contribution >= 0.6 is 0 Å². The predicted molar refractivity (Wildman–Crippen MR) is 126 cm³/mol. The molecule has 34 heavy (non-hydrogen) atoms. The number of ether oxygens (including phenoxy) is 1. The molecule has 0 saturated heterocycles. The monoisotopic (exact) mass is 472 g/mol. The van der Waals surface area contributed by atoms with Crippen molar-refractivity contribution in [1.29, 1.82) is 0 Å². The first-order chi connectivity index (χ1) is 16.0. The minimum Gasteiger partial charge on any atom is -0.504 e. The van der Waals surface area contributed by atoms with Gasteiger partial charge in [0.05, 0.1) is 19.6 Å². The lowest BCUT2D eigenvalue weighted by atomic mass is 9.81. The molecule has 0 aliphatic carbocycles. The normalized spacial score (nSPS) is 13.0. The molecule has 1 amide bonds. The Kier molecular flexibility index (Phi) is 9.44. The fourth-order valence-corrected chi connectivity index (χ4v) is 3.54. The lowest BCUT2D eigenvalue weighted by molar-refractivity contribution is -0.145. The van der Waals surface area contributed by atoms with Gasteiger partial charge < -0.3 is 30.7 Å². The fraction of sp³-hybridized carbons (Fsp3) is 0.400. The number of hydrogen-bond donors (Lipinski definition) is 5. The van der Waals surface area contributed by atoms with Crippen LogP contribution in [0.25, 0.3) is 0 Å². The Hall–Kier alpha value is -3.59. The first-order valence-electron chi connectivity index (χ1n) is 10.9. The molecule has 0 bridgehead atoms. The number of nitrogens with one attached hydrogen (secondary N) is 2. The van der Waals surface area contributed by atoms with Gasteiger partial charge in [0.15, 0.2) is 11.5 Å². The predicted octanol–water partition coefficient (Wildman–Crippen LogP) is 2.10. The largest absolute Gasteiger partial charge is 0.504 e. The highest BCUT2D eigenvalue weighted by Crippen LogP contribution is 2.33. The van der Waals surface area contributed by atoms with Gasteiger partial charge >= 0.3 is 11.9 Å². The first kappa shape index (κ1) is 26.7. The number of carboxylic acid groups (broad SMARTS) is 1. The zero-order valence-electron chi connectivity index (χ0n) is 19.6. The van der Waals surface area contributed by atoms with Crippen LogP contribution in [-0.2, 0) is 31.0 Å². The number of phenolic OH excluding ortho intramolecular Hbond substituents is 2. The van der Waals surface area contributed by atoms with Gasteiger partial charge in [0.1, 0.15) is 6.04 Å². The Bertz CT molecular complexity index is 992. The summed E-state index contributed by atoms with van der Waals surface area (Å²) in [6.45, 7) is 4.15. The molecule has 2 aromatic carbocycles. The maximum absolute atomic E-state index is 12.9. The van der Waals surface area contributed by atoms with Crippen molar-refractivity contribution in [3.8, 4) is 11.5 Å². The average Bonchev–Trinajstić information content (AvgIpc) is 2.79. The summed E-state index contributed by atoms with van der Waals surface area (Å²) in [7, 11) is 1.22. The van der Waals surface area contributed by atoms with E-state index in [1.165, 1.54) is 19.2 Å². The number of carbonyl (C=O) groups excluding carboxylic acids is 2. The van der Waals surface area contributed by atoms with Crippen molar-refractivity contribution in [3.05, 3.63) is 59.7 Å². The van der Waals surface area contributed by atoms with Crippen LogP contribution < -0.4 is 10.6 Å². The van der Waals surface area contributed by atoms with Gasteiger partial charge in [-0.1, -0.05) is 50.2 Å². The van der Waals surface area contributed by atoms with Gasteiger partial charge in [-0.3, -0.25) is 9.59 Å². The Balaban J connectivity index is 2.06. The van der Waals surface area contributed by atoms with Gasteiger partial charge in [-0.15, -0.1) is 0 Å². The molecule has 9 heteroatoms. The van der Waals surface area contributed by atoms with Gasteiger partial charge in [0.25, 0.3) is 0 Å². The zero-order chi connectivity index (χ0) is 25.3. The lowest BCUT2D eigenvalue weighted by Crippen LogP contribution is -2.52. The van der Waals surface area contributed by atoms with E-state index in [1.807, 2.05) is 44.2 Å². The Labute approximate surface area is 198 Å². The number of carbonyl (C=O) groups is 3. The minimum absolute atomic E-state index is 0.205. The number of hydrogen-bond acceptors (Lipinski definition) is 7. The molecule has 0 heterocycles. The van der Waals surface area contributed by atoms with Crippen molar-refractivity contribution in [3.63, 3.8) is 0 Å². The average molecular weight is 473 g/mol. The van der Waals surface area contributed by atoms with Crippen LogP contribution in [0.4, 0.5) is 0 Å². The van der Waals surface area contributed by atoms with E-state index in [4.69, 9.17) is 4.74 Å². The lowest BCUT2D eigenvalue weighted by Gasteiger charge is -2.27. The number of methoxy groups -OCH3 is 1. The molecule has 9 nitrogen and oxygen atoms in total. The van der Waals surface area contributed by atoms with Gasteiger partial charge in [0.2, 0.25) is 5.91 Å². The smallest absolute Gasteiger partial charge is 0.328 e. The molecular formula is C25H32N2O7. The van der Waals surface area contributed by atoms with E-state index >= 15 is 0 Å². The molecule has 2 aromatic rings. The molecular weight excluding hydrogens is 440 g/mol. The molecule has 2 rings (SSSR count). The topological polar surface area (TPSA) is 145 Å². The molecule has 0 unspecified atom stereocenters. The summed E-state index contributed by atoms with van der Waals surface area (Å²) in [6.07, 6.45) is 0.243. The van der Waals surface area contributed by atoms with Crippen molar-refractivity contribution in [1.82, 2.24) is 10.6 Å². The number of esters is 1. The summed E-state index contributed by atoms with van der Waals surface area (Å²) >= 11 is 0. The van der Waals surface area contributed by atoms with Crippen molar-refractivity contribution in [2.45, 2.75) is 50.6 Å². The maximum Gasteiger partial charge on any atom is 0.328 e. The van der Waals surface area contributed by atoms with Gasteiger partial charge in [-0.05, 0) is 41.6 Å². The number of carboxylic acids is 1. The molecule has 0 aromatic heterocycles. The van der Waals surface area contributed by atoms with Gasteiger partial charge in [-0.25, -0.2) is 4.79 Å².